The van der Waals surface area contributed by atoms with E-state index in [1.165, 1.54) is 11.8 Å². The Kier molecular flexibility index (Phi) is 7.11. The first-order valence-electron chi connectivity index (χ1n) is 9.90. The van der Waals surface area contributed by atoms with Gasteiger partial charge in [-0.05, 0) is 36.8 Å². The van der Waals surface area contributed by atoms with Gasteiger partial charge >= 0.3 is 0 Å². The van der Waals surface area contributed by atoms with Gasteiger partial charge in [-0.1, -0.05) is 35.5 Å². The summed E-state index contributed by atoms with van der Waals surface area (Å²) in [6.45, 7) is 2.26. The number of carbonyl (C=O) groups excluding carboxylic acids is 1. The number of halogens is 1. The maximum absolute atomic E-state index is 12.8. The van der Waals surface area contributed by atoms with E-state index in [1.54, 1.807) is 25.3 Å². The Hall–Kier alpha value is -2.55. The number of methoxy groups -OCH3 is 1. The zero-order valence-electron chi connectivity index (χ0n) is 17.0. The summed E-state index contributed by atoms with van der Waals surface area (Å²) in [6.07, 6.45) is 0.787. The van der Waals surface area contributed by atoms with Crippen LogP contribution in [0.2, 0.25) is 5.02 Å². The molecule has 0 fully saturated rings. The monoisotopic (exact) mass is 459 g/mol. The van der Waals surface area contributed by atoms with Crippen LogP contribution in [0.15, 0.2) is 47.6 Å². The molecule has 0 radical (unpaired) electrons. The van der Waals surface area contributed by atoms with Gasteiger partial charge in [0.05, 0.1) is 10.8 Å². The summed E-state index contributed by atoms with van der Waals surface area (Å²) in [4.78, 5) is 12.8. The van der Waals surface area contributed by atoms with Gasteiger partial charge in [-0.15, -0.1) is 10.2 Å². The highest BCUT2D eigenvalue weighted by Crippen LogP contribution is 2.32. The Morgan fingerprint density at radius 1 is 1.16 bits per heavy atom. The normalized spacial score (nSPS) is 12.7. The fraction of sp³-hybridized carbons (Fsp3) is 0.318. The van der Waals surface area contributed by atoms with Gasteiger partial charge in [-0.2, -0.15) is 0 Å². The molecule has 0 saturated heterocycles. The van der Waals surface area contributed by atoms with Crippen LogP contribution in [-0.4, -0.2) is 53.2 Å². The van der Waals surface area contributed by atoms with Crippen LogP contribution in [0.5, 0.6) is 11.5 Å². The molecule has 0 bridgehead atoms. The van der Waals surface area contributed by atoms with E-state index in [1.807, 2.05) is 28.8 Å². The molecule has 0 saturated carbocycles. The number of fused-ring (bicyclic) bond motifs is 1. The third kappa shape index (κ3) is 5.03. The van der Waals surface area contributed by atoms with Gasteiger partial charge in [0.15, 0.2) is 28.3 Å². The Bertz CT molecular complexity index is 1070. The van der Waals surface area contributed by atoms with Crippen LogP contribution < -0.4 is 9.47 Å². The van der Waals surface area contributed by atoms with E-state index in [0.29, 0.717) is 59.4 Å². The van der Waals surface area contributed by atoms with E-state index >= 15 is 0 Å². The second-order valence-electron chi connectivity index (χ2n) is 6.85. The minimum atomic E-state index is -0.0206. The highest BCUT2D eigenvalue weighted by atomic mass is 35.5. The number of carbonyl (C=O) groups is 1. The molecule has 162 valence electrons. The Morgan fingerprint density at radius 2 is 1.97 bits per heavy atom. The molecule has 4 rings (SSSR count). The summed E-state index contributed by atoms with van der Waals surface area (Å²) < 4.78 is 18.3. The Balaban J connectivity index is 1.52. The number of hydrogen-bond acceptors (Lipinski definition) is 7. The fourth-order valence-corrected chi connectivity index (χ4v) is 4.32. The molecule has 1 aliphatic heterocycles. The number of ether oxygens (including phenoxy) is 3. The van der Waals surface area contributed by atoms with Crippen molar-refractivity contribution in [3.8, 4) is 22.9 Å². The van der Waals surface area contributed by atoms with Crippen molar-refractivity contribution in [1.29, 1.82) is 0 Å². The van der Waals surface area contributed by atoms with Gasteiger partial charge in [0.1, 0.15) is 13.2 Å². The second-order valence-corrected chi connectivity index (χ2v) is 8.20. The third-order valence-electron chi connectivity index (χ3n) is 4.76. The quantitative estimate of drug-likeness (QED) is 0.267. The van der Waals surface area contributed by atoms with Crippen molar-refractivity contribution in [2.75, 3.05) is 32.7 Å². The molecule has 9 heteroatoms. The number of Topliss-reactive ketones (excluding diaryl/α,β-unsaturated/α-hetero) is 1. The molecule has 0 unspecified atom stereocenters. The molecular formula is C22H22ClN3O4S. The van der Waals surface area contributed by atoms with Crippen molar-refractivity contribution in [2.45, 2.75) is 18.1 Å². The maximum atomic E-state index is 12.8. The standard InChI is InChI=1S/C22H22ClN3O4S/c1-28-10-4-9-26-21(16-5-2-3-6-17(16)23)24-25-22(26)31-14-18(27)15-7-8-19-20(13-15)30-12-11-29-19/h2-3,5-8,13H,4,9-12,14H2,1H3. The zero-order valence-corrected chi connectivity index (χ0v) is 18.6. The van der Waals surface area contributed by atoms with Crippen molar-refractivity contribution < 1.29 is 19.0 Å². The number of benzene rings is 2. The predicted molar refractivity (Wildman–Crippen MR) is 119 cm³/mol. The lowest BCUT2D eigenvalue weighted by atomic mass is 10.1. The molecule has 0 aliphatic carbocycles. The van der Waals surface area contributed by atoms with Crippen molar-refractivity contribution in [1.82, 2.24) is 14.8 Å². The largest absolute Gasteiger partial charge is 0.486 e. The SMILES string of the molecule is COCCCn1c(SCC(=O)c2ccc3c(c2)OCCO3)nnc1-c1ccccc1Cl. The zero-order chi connectivity index (χ0) is 21.6. The first kappa shape index (κ1) is 21.7. The number of rotatable bonds is 9. The number of nitrogens with zero attached hydrogens (tertiary/aromatic N) is 3. The predicted octanol–water partition coefficient (Wildman–Crippen LogP) is 4.38. The number of thioether (sulfide) groups is 1. The smallest absolute Gasteiger partial charge is 0.191 e. The average Bonchev–Trinajstić information content (AvgIpc) is 3.20. The van der Waals surface area contributed by atoms with Crippen LogP contribution >= 0.6 is 23.4 Å². The molecule has 1 aliphatic rings. The summed E-state index contributed by atoms with van der Waals surface area (Å²) in [7, 11) is 1.67. The van der Waals surface area contributed by atoms with Gasteiger partial charge in [0.25, 0.3) is 0 Å². The van der Waals surface area contributed by atoms with Crippen molar-refractivity contribution in [3.63, 3.8) is 0 Å². The van der Waals surface area contributed by atoms with E-state index in [-0.39, 0.29) is 11.5 Å². The summed E-state index contributed by atoms with van der Waals surface area (Å²) in [6, 6.07) is 12.8. The van der Waals surface area contributed by atoms with E-state index in [2.05, 4.69) is 10.2 Å². The van der Waals surface area contributed by atoms with Gasteiger partial charge < -0.3 is 18.8 Å². The average molecular weight is 460 g/mol. The van der Waals surface area contributed by atoms with Gasteiger partial charge in [0, 0.05) is 31.4 Å². The molecule has 0 spiro atoms. The van der Waals surface area contributed by atoms with Crippen molar-refractivity contribution >= 4 is 29.1 Å². The lowest BCUT2D eigenvalue weighted by Gasteiger charge is -2.18. The highest BCUT2D eigenvalue weighted by molar-refractivity contribution is 7.99. The van der Waals surface area contributed by atoms with Crippen LogP contribution in [0.25, 0.3) is 11.4 Å². The summed E-state index contributed by atoms with van der Waals surface area (Å²) in [5, 5.41) is 9.95. The molecule has 0 amide bonds. The Morgan fingerprint density at radius 3 is 2.77 bits per heavy atom. The van der Waals surface area contributed by atoms with E-state index < -0.39 is 0 Å². The van der Waals surface area contributed by atoms with E-state index in [4.69, 9.17) is 25.8 Å². The van der Waals surface area contributed by atoms with Crippen LogP contribution in [0, 0.1) is 0 Å². The fourth-order valence-electron chi connectivity index (χ4n) is 3.24. The molecule has 1 aromatic heterocycles. The molecule has 2 aromatic carbocycles. The summed E-state index contributed by atoms with van der Waals surface area (Å²) in [5.41, 5.74) is 1.38. The third-order valence-corrected chi connectivity index (χ3v) is 6.05. The molecule has 0 atom stereocenters. The number of ketones is 1. The molecule has 3 aromatic rings. The van der Waals surface area contributed by atoms with E-state index in [0.717, 1.165) is 12.0 Å². The topological polar surface area (TPSA) is 75.5 Å². The van der Waals surface area contributed by atoms with Crippen LogP contribution in [-0.2, 0) is 11.3 Å². The van der Waals surface area contributed by atoms with Gasteiger partial charge in [-0.25, -0.2) is 0 Å². The molecular weight excluding hydrogens is 438 g/mol. The van der Waals surface area contributed by atoms with Crippen LogP contribution in [0.1, 0.15) is 16.8 Å². The van der Waals surface area contributed by atoms with Gasteiger partial charge in [-0.3, -0.25) is 4.79 Å². The molecule has 31 heavy (non-hydrogen) atoms. The number of hydrogen-bond donors (Lipinski definition) is 0. The lowest BCUT2D eigenvalue weighted by molar-refractivity contribution is 0.102. The highest BCUT2D eigenvalue weighted by Gasteiger charge is 2.19. The second kappa shape index (κ2) is 10.2. The number of aromatic nitrogens is 3. The van der Waals surface area contributed by atoms with Gasteiger partial charge in [0.2, 0.25) is 0 Å². The lowest BCUT2D eigenvalue weighted by Crippen LogP contribution is -2.16. The van der Waals surface area contributed by atoms with E-state index in [9.17, 15) is 4.79 Å². The Labute approximate surface area is 189 Å². The summed E-state index contributed by atoms with van der Waals surface area (Å²) >= 11 is 7.73. The minimum Gasteiger partial charge on any atom is -0.486 e. The molecule has 7 nitrogen and oxygen atoms in total. The van der Waals surface area contributed by atoms with Crippen LogP contribution in [0.4, 0.5) is 0 Å². The van der Waals surface area contributed by atoms with Crippen LogP contribution in [0.3, 0.4) is 0 Å². The first-order valence-corrected chi connectivity index (χ1v) is 11.3. The maximum Gasteiger partial charge on any atom is 0.191 e. The van der Waals surface area contributed by atoms with Crippen molar-refractivity contribution in [3.05, 3.63) is 53.1 Å². The first-order chi connectivity index (χ1) is 15.2. The van der Waals surface area contributed by atoms with Crippen molar-refractivity contribution in [2.24, 2.45) is 0 Å². The molecule has 2 heterocycles. The minimum absolute atomic E-state index is 0.0206. The molecule has 0 N–H and O–H groups in total. The summed E-state index contributed by atoms with van der Waals surface area (Å²) in [5.74, 6) is 2.15.